The Kier molecular flexibility index (Phi) is 26.6. The molecule has 2 rings (SSSR count). The van der Waals surface area contributed by atoms with Gasteiger partial charge in [0.05, 0.1) is 11.0 Å². The van der Waals surface area contributed by atoms with Crippen LogP contribution in [0.25, 0.3) is 11.0 Å². The van der Waals surface area contributed by atoms with Gasteiger partial charge in [-0.3, -0.25) is 0 Å². The lowest BCUT2D eigenvalue weighted by atomic mass is 10.0. The van der Waals surface area contributed by atoms with Gasteiger partial charge in [0, 0.05) is 6.42 Å². The van der Waals surface area contributed by atoms with Crippen LogP contribution in [0.5, 0.6) is 0 Å². The van der Waals surface area contributed by atoms with Crippen LogP contribution in [0.15, 0.2) is 18.2 Å². The third kappa shape index (κ3) is 22.8. The molecule has 1 N–H and O–H groups in total. The number of unbranched alkanes of at least 4 members (excludes halogenated alkanes) is 30. The van der Waals surface area contributed by atoms with Gasteiger partial charge in [-0.25, -0.2) is 4.98 Å². The first-order valence-corrected chi connectivity index (χ1v) is 20.8. The quantitative estimate of drug-likeness (QED) is 0.0773. The second-order valence-corrected chi connectivity index (χ2v) is 14.6. The summed E-state index contributed by atoms with van der Waals surface area (Å²) in [6.45, 7) is 4.61. The summed E-state index contributed by atoms with van der Waals surface area (Å²) in [6, 6.07) is 6.92. The molecule has 0 bridgehead atoms. The lowest BCUT2D eigenvalue weighted by molar-refractivity contribution is 0.529. The van der Waals surface area contributed by atoms with Gasteiger partial charge in [-0.1, -0.05) is 213 Å². The maximum absolute atomic E-state index is 4.89. The Morgan fingerprint density at radius 1 is 0.400 bits per heavy atom. The van der Waals surface area contributed by atoms with Crippen molar-refractivity contribution in [1.29, 1.82) is 0 Å². The van der Waals surface area contributed by atoms with Crippen LogP contribution in [-0.2, 0) is 12.8 Å². The zero-order valence-electron chi connectivity index (χ0n) is 30.7. The zero-order chi connectivity index (χ0) is 31.9. The molecular formula is C43H78N2. The van der Waals surface area contributed by atoms with E-state index in [-0.39, 0.29) is 0 Å². The van der Waals surface area contributed by atoms with Gasteiger partial charge in [0.15, 0.2) is 0 Å². The minimum Gasteiger partial charge on any atom is -0.342 e. The number of fused-ring (bicyclic) bond motifs is 1. The van der Waals surface area contributed by atoms with Crippen LogP contribution < -0.4 is 0 Å². The highest BCUT2D eigenvalue weighted by atomic mass is 14.9. The molecule has 2 heteroatoms. The fraction of sp³-hybridized carbons (Fsp3) is 0.837. The summed E-state index contributed by atoms with van der Waals surface area (Å²) in [6.07, 6.45) is 48.1. The van der Waals surface area contributed by atoms with Gasteiger partial charge >= 0.3 is 0 Å². The van der Waals surface area contributed by atoms with E-state index in [4.69, 9.17) is 4.98 Å². The summed E-state index contributed by atoms with van der Waals surface area (Å²) in [7, 11) is 0. The molecule has 0 saturated carbocycles. The van der Waals surface area contributed by atoms with E-state index < -0.39 is 0 Å². The van der Waals surface area contributed by atoms with Gasteiger partial charge in [0.2, 0.25) is 0 Å². The molecule has 0 spiro atoms. The average Bonchev–Trinajstić information content (AvgIpc) is 3.46. The standard InChI is InChI=1S/C43H78N2/c1-3-5-7-9-11-13-15-17-19-21-23-25-27-29-31-33-35-40-37-38-41-42(39-40)45-43(44-41)36-34-32-30-28-26-24-22-20-18-16-14-12-10-8-6-4-2/h37-39H,3-36H2,1-2H3,(H,44,45). The molecule has 0 unspecified atom stereocenters. The molecule has 2 aromatic rings. The molecular weight excluding hydrogens is 544 g/mol. The number of aryl methyl sites for hydroxylation is 2. The van der Waals surface area contributed by atoms with Gasteiger partial charge in [-0.05, 0) is 37.0 Å². The van der Waals surface area contributed by atoms with Crippen LogP contribution in [0.4, 0.5) is 0 Å². The topological polar surface area (TPSA) is 28.7 Å². The van der Waals surface area contributed by atoms with Gasteiger partial charge in [0.25, 0.3) is 0 Å². The number of hydrogen-bond acceptors (Lipinski definition) is 1. The molecule has 0 atom stereocenters. The van der Waals surface area contributed by atoms with Crippen molar-refractivity contribution in [2.45, 2.75) is 232 Å². The summed E-state index contributed by atoms with van der Waals surface area (Å²) in [4.78, 5) is 8.52. The maximum Gasteiger partial charge on any atom is 0.107 e. The molecule has 1 aromatic heterocycles. The number of hydrogen-bond donors (Lipinski definition) is 1. The van der Waals surface area contributed by atoms with Crippen molar-refractivity contribution < 1.29 is 0 Å². The summed E-state index contributed by atoms with van der Waals surface area (Å²) < 4.78 is 0. The van der Waals surface area contributed by atoms with E-state index in [0.717, 1.165) is 11.9 Å². The number of nitrogens with one attached hydrogen (secondary N) is 1. The van der Waals surface area contributed by atoms with Gasteiger partial charge in [-0.2, -0.15) is 0 Å². The predicted molar refractivity (Wildman–Crippen MR) is 203 cm³/mol. The van der Waals surface area contributed by atoms with Crippen LogP contribution in [0, 0.1) is 0 Å². The van der Waals surface area contributed by atoms with Crippen molar-refractivity contribution in [2.24, 2.45) is 0 Å². The minimum atomic E-state index is 1.10. The zero-order valence-corrected chi connectivity index (χ0v) is 30.7. The Morgan fingerprint density at radius 2 is 0.733 bits per heavy atom. The minimum absolute atomic E-state index is 1.10. The average molecular weight is 623 g/mol. The Labute approximate surface area is 282 Å². The van der Waals surface area contributed by atoms with Crippen LogP contribution >= 0.6 is 0 Å². The smallest absolute Gasteiger partial charge is 0.107 e. The number of aromatic amines is 1. The summed E-state index contributed by atoms with van der Waals surface area (Å²) in [5, 5.41) is 0. The van der Waals surface area contributed by atoms with Crippen molar-refractivity contribution >= 4 is 11.0 Å². The van der Waals surface area contributed by atoms with E-state index in [1.807, 2.05) is 0 Å². The number of benzene rings is 1. The van der Waals surface area contributed by atoms with E-state index in [1.165, 1.54) is 229 Å². The Hall–Kier alpha value is -1.31. The molecule has 0 aliphatic heterocycles. The molecule has 0 fully saturated rings. The number of aromatic nitrogens is 2. The van der Waals surface area contributed by atoms with Gasteiger partial charge in [-0.15, -0.1) is 0 Å². The van der Waals surface area contributed by atoms with E-state index in [9.17, 15) is 0 Å². The fourth-order valence-electron chi connectivity index (χ4n) is 7.10. The molecule has 0 amide bonds. The van der Waals surface area contributed by atoms with Crippen molar-refractivity contribution in [3.05, 3.63) is 29.6 Å². The second-order valence-electron chi connectivity index (χ2n) is 14.6. The number of rotatable bonds is 34. The summed E-state index contributed by atoms with van der Waals surface area (Å²) >= 11 is 0. The fourth-order valence-corrected chi connectivity index (χ4v) is 7.10. The summed E-state index contributed by atoms with van der Waals surface area (Å²) in [5.74, 6) is 1.19. The van der Waals surface area contributed by atoms with Crippen molar-refractivity contribution in [2.75, 3.05) is 0 Å². The highest BCUT2D eigenvalue weighted by Crippen LogP contribution is 2.19. The van der Waals surface area contributed by atoms with E-state index in [1.54, 1.807) is 0 Å². The normalized spacial score (nSPS) is 11.7. The van der Waals surface area contributed by atoms with Crippen molar-refractivity contribution in [3.63, 3.8) is 0 Å². The lowest BCUT2D eigenvalue weighted by Gasteiger charge is -2.04. The van der Waals surface area contributed by atoms with E-state index in [2.05, 4.69) is 37.0 Å². The van der Waals surface area contributed by atoms with Gasteiger partial charge < -0.3 is 4.98 Å². The van der Waals surface area contributed by atoms with E-state index in [0.29, 0.717) is 0 Å². The van der Waals surface area contributed by atoms with Crippen LogP contribution in [-0.4, -0.2) is 9.97 Å². The molecule has 260 valence electrons. The highest BCUT2D eigenvalue weighted by Gasteiger charge is 2.05. The van der Waals surface area contributed by atoms with Crippen LogP contribution in [0.1, 0.15) is 231 Å². The Morgan fingerprint density at radius 3 is 1.11 bits per heavy atom. The second kappa shape index (κ2) is 30.1. The predicted octanol–water partition coefficient (Wildman–Crippen LogP) is 15.2. The van der Waals surface area contributed by atoms with Crippen LogP contribution in [0.3, 0.4) is 0 Å². The molecule has 45 heavy (non-hydrogen) atoms. The van der Waals surface area contributed by atoms with Crippen molar-refractivity contribution in [1.82, 2.24) is 9.97 Å². The first kappa shape index (κ1) is 39.9. The SMILES string of the molecule is CCCCCCCCCCCCCCCCCCc1ccc2nc(CCCCCCCCCCCCCCCCCC)[nH]c2c1. The molecule has 2 nitrogen and oxygen atoms in total. The van der Waals surface area contributed by atoms with Crippen LogP contribution in [0.2, 0.25) is 0 Å². The molecule has 0 aliphatic rings. The molecule has 0 aliphatic carbocycles. The molecule has 0 radical (unpaired) electrons. The first-order chi connectivity index (χ1) is 22.3. The first-order valence-electron chi connectivity index (χ1n) is 20.8. The maximum atomic E-state index is 4.89. The van der Waals surface area contributed by atoms with Crippen molar-refractivity contribution in [3.8, 4) is 0 Å². The Balaban J connectivity index is 1.37. The number of nitrogens with zero attached hydrogens (tertiary/aromatic N) is 1. The van der Waals surface area contributed by atoms with Gasteiger partial charge in [0.1, 0.15) is 5.82 Å². The number of H-pyrrole nitrogens is 1. The highest BCUT2D eigenvalue weighted by molar-refractivity contribution is 5.75. The third-order valence-corrected chi connectivity index (χ3v) is 10.2. The molecule has 1 aromatic carbocycles. The monoisotopic (exact) mass is 623 g/mol. The van der Waals surface area contributed by atoms with E-state index >= 15 is 0 Å². The summed E-state index contributed by atoms with van der Waals surface area (Å²) in [5.41, 5.74) is 3.87. The molecule has 0 saturated heterocycles. The third-order valence-electron chi connectivity index (χ3n) is 10.2. The number of imidazole rings is 1. The lowest BCUT2D eigenvalue weighted by Crippen LogP contribution is -1.89. The largest absolute Gasteiger partial charge is 0.342 e. The molecule has 1 heterocycles. The Bertz CT molecular complexity index is 849.